The quantitative estimate of drug-likeness (QED) is 0.629. The van der Waals surface area contributed by atoms with Gasteiger partial charge in [-0.2, -0.15) is 4.31 Å². The number of piperidine rings is 1. The number of hydrogen-bond donors (Lipinski definition) is 0. The molecule has 0 bridgehead atoms. The number of benzene rings is 1. The molecule has 1 amide bonds. The zero-order valence-corrected chi connectivity index (χ0v) is 18.7. The lowest BCUT2D eigenvalue weighted by atomic mass is 9.96. The Labute approximate surface area is 177 Å². The van der Waals surface area contributed by atoms with Crippen molar-refractivity contribution in [3.63, 3.8) is 0 Å². The number of rotatable bonds is 5. The zero-order chi connectivity index (χ0) is 19.6. The van der Waals surface area contributed by atoms with Crippen molar-refractivity contribution in [1.82, 2.24) is 9.21 Å². The molecule has 0 aliphatic carbocycles. The maximum absolute atomic E-state index is 12.7. The van der Waals surface area contributed by atoms with Crippen molar-refractivity contribution in [3.8, 4) is 0 Å². The Balaban J connectivity index is 1.59. The molecule has 146 valence electrons. The van der Waals surface area contributed by atoms with E-state index in [2.05, 4.69) is 15.9 Å². The molecule has 1 saturated heterocycles. The summed E-state index contributed by atoms with van der Waals surface area (Å²) in [6.07, 6.45) is 1.06. The molecule has 0 N–H and O–H groups in total. The van der Waals surface area contributed by atoms with Crippen LogP contribution in [0.1, 0.15) is 18.4 Å². The summed E-state index contributed by atoms with van der Waals surface area (Å²) in [5.74, 6) is -0.110. The van der Waals surface area contributed by atoms with E-state index < -0.39 is 10.0 Å². The SMILES string of the molecule is CN(Cc1cccc(Cl)c1)C(=O)C1CCN(S(=O)(=O)c2ccc(Br)s2)CC1. The molecular weight excluding hydrogens is 472 g/mol. The second kappa shape index (κ2) is 8.61. The Morgan fingerprint density at radius 3 is 2.59 bits per heavy atom. The number of hydrogen-bond acceptors (Lipinski definition) is 4. The van der Waals surface area contributed by atoms with E-state index in [1.165, 1.54) is 15.6 Å². The lowest BCUT2D eigenvalue weighted by molar-refractivity contribution is -0.135. The molecular formula is C18H20BrClN2O3S2. The van der Waals surface area contributed by atoms with E-state index in [0.29, 0.717) is 41.7 Å². The van der Waals surface area contributed by atoms with Crippen LogP contribution in [0.2, 0.25) is 5.02 Å². The van der Waals surface area contributed by atoms with E-state index in [4.69, 9.17) is 11.6 Å². The molecule has 0 saturated carbocycles. The molecule has 0 radical (unpaired) electrons. The molecule has 1 aliphatic rings. The van der Waals surface area contributed by atoms with Crippen LogP contribution < -0.4 is 0 Å². The molecule has 1 fully saturated rings. The molecule has 0 spiro atoms. The van der Waals surface area contributed by atoms with Crippen molar-refractivity contribution >= 4 is 54.8 Å². The number of amides is 1. The molecule has 9 heteroatoms. The van der Waals surface area contributed by atoms with Crippen molar-refractivity contribution in [1.29, 1.82) is 0 Å². The highest BCUT2D eigenvalue weighted by molar-refractivity contribution is 9.11. The number of thiophene rings is 1. The lowest BCUT2D eigenvalue weighted by Crippen LogP contribution is -2.43. The highest BCUT2D eigenvalue weighted by atomic mass is 79.9. The van der Waals surface area contributed by atoms with Gasteiger partial charge in [-0.15, -0.1) is 11.3 Å². The minimum Gasteiger partial charge on any atom is -0.341 e. The van der Waals surface area contributed by atoms with Crippen molar-refractivity contribution < 1.29 is 13.2 Å². The third-order valence-electron chi connectivity index (χ3n) is 4.63. The molecule has 2 aromatic rings. The first-order chi connectivity index (χ1) is 12.8. The number of nitrogens with zero attached hydrogens (tertiary/aromatic N) is 2. The molecule has 0 unspecified atom stereocenters. The largest absolute Gasteiger partial charge is 0.341 e. The fraction of sp³-hybridized carbons (Fsp3) is 0.389. The molecule has 1 aromatic carbocycles. The minimum absolute atomic E-state index is 0.0471. The Morgan fingerprint density at radius 2 is 2.00 bits per heavy atom. The normalized spacial score (nSPS) is 16.4. The van der Waals surface area contributed by atoms with Crippen LogP contribution in [-0.2, 0) is 21.4 Å². The van der Waals surface area contributed by atoms with Crippen LogP contribution in [0.15, 0.2) is 44.4 Å². The Bertz CT molecular complexity index is 924. The number of halogens is 2. The molecule has 1 aliphatic heterocycles. The predicted molar refractivity (Wildman–Crippen MR) is 111 cm³/mol. The van der Waals surface area contributed by atoms with Crippen molar-refractivity contribution in [2.75, 3.05) is 20.1 Å². The van der Waals surface area contributed by atoms with Gasteiger partial charge in [0, 0.05) is 37.6 Å². The number of carbonyl (C=O) groups is 1. The van der Waals surface area contributed by atoms with Crippen molar-refractivity contribution in [2.45, 2.75) is 23.6 Å². The lowest BCUT2D eigenvalue weighted by Gasteiger charge is -2.32. The highest BCUT2D eigenvalue weighted by Crippen LogP contribution is 2.31. The Hall–Kier alpha value is -0.930. The van der Waals surface area contributed by atoms with Gasteiger partial charge < -0.3 is 4.90 Å². The fourth-order valence-corrected chi connectivity index (χ4v) is 7.05. The smallest absolute Gasteiger partial charge is 0.252 e. The first kappa shape index (κ1) is 20.8. The average Bonchev–Trinajstić information content (AvgIpc) is 3.08. The van der Waals surface area contributed by atoms with E-state index in [1.54, 1.807) is 30.1 Å². The third-order valence-corrected chi connectivity index (χ3v) is 8.86. The van der Waals surface area contributed by atoms with Gasteiger partial charge in [-0.05, 0) is 58.6 Å². The highest BCUT2D eigenvalue weighted by Gasteiger charge is 2.33. The second-order valence-electron chi connectivity index (χ2n) is 6.56. The summed E-state index contributed by atoms with van der Waals surface area (Å²) in [5, 5.41) is 0.645. The van der Waals surface area contributed by atoms with Crippen LogP contribution in [0.4, 0.5) is 0 Å². The van der Waals surface area contributed by atoms with Gasteiger partial charge in [0.25, 0.3) is 10.0 Å². The summed E-state index contributed by atoms with van der Waals surface area (Å²) in [6, 6.07) is 10.8. The second-order valence-corrected chi connectivity index (χ2v) is 11.6. The van der Waals surface area contributed by atoms with Gasteiger partial charge in [-0.25, -0.2) is 8.42 Å². The van der Waals surface area contributed by atoms with Crippen LogP contribution in [-0.4, -0.2) is 43.7 Å². The van der Waals surface area contributed by atoms with Gasteiger partial charge >= 0.3 is 0 Å². The van der Waals surface area contributed by atoms with Crippen LogP contribution in [0, 0.1) is 5.92 Å². The number of carbonyl (C=O) groups excluding carboxylic acids is 1. The van der Waals surface area contributed by atoms with Crippen molar-refractivity contribution in [3.05, 3.63) is 50.8 Å². The average molecular weight is 492 g/mol. The Morgan fingerprint density at radius 1 is 1.30 bits per heavy atom. The summed E-state index contributed by atoms with van der Waals surface area (Å²) in [5.41, 5.74) is 0.974. The first-order valence-corrected chi connectivity index (χ1v) is 11.9. The first-order valence-electron chi connectivity index (χ1n) is 8.52. The van der Waals surface area contributed by atoms with E-state index in [0.717, 1.165) is 9.35 Å². The molecule has 0 atom stereocenters. The summed E-state index contributed by atoms with van der Waals surface area (Å²) >= 11 is 10.5. The summed E-state index contributed by atoms with van der Waals surface area (Å²) in [6.45, 7) is 1.21. The standard InChI is InChI=1S/C18H20BrClN2O3S2/c1-21(12-13-3-2-4-15(20)11-13)18(23)14-7-9-22(10-8-14)27(24,25)17-6-5-16(19)26-17/h2-6,11,14H,7-10,12H2,1H3. The molecule has 1 aromatic heterocycles. The maximum atomic E-state index is 12.7. The van der Waals surface area contributed by atoms with Gasteiger partial charge in [0.1, 0.15) is 4.21 Å². The van der Waals surface area contributed by atoms with Crippen LogP contribution >= 0.6 is 38.9 Å². The third kappa shape index (κ3) is 4.92. The molecule has 3 rings (SSSR count). The molecule has 5 nitrogen and oxygen atoms in total. The van der Waals surface area contributed by atoms with E-state index >= 15 is 0 Å². The molecule has 2 heterocycles. The minimum atomic E-state index is -3.48. The van der Waals surface area contributed by atoms with Crippen LogP contribution in [0.5, 0.6) is 0 Å². The van der Waals surface area contributed by atoms with Gasteiger partial charge in [0.2, 0.25) is 5.91 Å². The number of sulfonamides is 1. The summed E-state index contributed by atoms with van der Waals surface area (Å²) in [4.78, 5) is 14.4. The topological polar surface area (TPSA) is 57.7 Å². The maximum Gasteiger partial charge on any atom is 0.252 e. The van der Waals surface area contributed by atoms with Gasteiger partial charge in [-0.3, -0.25) is 4.79 Å². The van der Waals surface area contributed by atoms with Crippen LogP contribution in [0.3, 0.4) is 0 Å². The van der Waals surface area contributed by atoms with Crippen molar-refractivity contribution in [2.24, 2.45) is 5.92 Å². The fourth-order valence-electron chi connectivity index (χ4n) is 3.21. The van der Waals surface area contributed by atoms with E-state index in [9.17, 15) is 13.2 Å². The van der Waals surface area contributed by atoms with Gasteiger partial charge in [0.05, 0.1) is 3.79 Å². The predicted octanol–water partition coefficient (Wildman–Crippen LogP) is 4.22. The van der Waals surface area contributed by atoms with E-state index in [-0.39, 0.29) is 11.8 Å². The summed E-state index contributed by atoms with van der Waals surface area (Å²) in [7, 11) is -1.71. The Kier molecular flexibility index (Phi) is 6.63. The van der Waals surface area contributed by atoms with Crippen LogP contribution in [0.25, 0.3) is 0 Å². The van der Waals surface area contributed by atoms with Gasteiger partial charge in [0.15, 0.2) is 0 Å². The van der Waals surface area contributed by atoms with Gasteiger partial charge in [-0.1, -0.05) is 23.7 Å². The van der Waals surface area contributed by atoms with E-state index in [1.807, 2.05) is 18.2 Å². The monoisotopic (exact) mass is 490 g/mol. The summed E-state index contributed by atoms with van der Waals surface area (Å²) < 4.78 is 28.0. The molecule has 27 heavy (non-hydrogen) atoms. The zero-order valence-electron chi connectivity index (χ0n) is 14.8.